The lowest BCUT2D eigenvalue weighted by Crippen LogP contribution is -2.40. The summed E-state index contributed by atoms with van der Waals surface area (Å²) in [7, 11) is 0. The number of ether oxygens (including phenoxy) is 1. The molecule has 7 heteroatoms. The Morgan fingerprint density at radius 1 is 1.33 bits per heavy atom. The predicted molar refractivity (Wildman–Crippen MR) is 122 cm³/mol. The number of carbonyl (C=O) groups excluding carboxylic acids is 1. The van der Waals surface area contributed by atoms with Crippen molar-refractivity contribution in [2.75, 3.05) is 31.6 Å². The van der Waals surface area contributed by atoms with Gasteiger partial charge in [0.1, 0.15) is 6.10 Å². The minimum absolute atomic E-state index is 0.0803. The summed E-state index contributed by atoms with van der Waals surface area (Å²) in [5.74, 6) is 1.69. The summed E-state index contributed by atoms with van der Waals surface area (Å²) in [6, 6.07) is 7.76. The molecular weight excluding hydrogens is 380 g/mol. The van der Waals surface area contributed by atoms with Gasteiger partial charge < -0.3 is 25.8 Å². The van der Waals surface area contributed by atoms with Crippen LogP contribution in [0.4, 0.5) is 5.69 Å². The van der Waals surface area contributed by atoms with Crippen molar-refractivity contribution in [1.29, 1.82) is 0 Å². The molecule has 0 aromatic heterocycles. The second-order valence-electron chi connectivity index (χ2n) is 8.28. The van der Waals surface area contributed by atoms with Crippen LogP contribution >= 0.6 is 0 Å². The summed E-state index contributed by atoms with van der Waals surface area (Å²) in [4.78, 5) is 16.9. The standard InChI is InChI=1S/C23H38N4O3/c1-4-24-23(26-16-19(10-11-28)13-17(2)3)25-15-18-7-5-8-20(14-18)27-22(29)21-9-6-12-30-21/h5,7-8,14,17,19,21,28H,4,6,9-13,15-16H2,1-3H3,(H,27,29)(H2,24,25,26). The fourth-order valence-electron chi connectivity index (χ4n) is 3.66. The second-order valence-corrected chi connectivity index (χ2v) is 8.28. The molecule has 1 aliphatic heterocycles. The van der Waals surface area contributed by atoms with Crippen molar-refractivity contribution in [1.82, 2.24) is 10.6 Å². The number of amides is 1. The van der Waals surface area contributed by atoms with E-state index in [1.54, 1.807) is 0 Å². The Kier molecular flexibility index (Phi) is 10.7. The number of aliphatic imine (C=N–C) groups is 1. The average molecular weight is 419 g/mol. The van der Waals surface area contributed by atoms with Crippen LogP contribution in [-0.2, 0) is 16.1 Å². The van der Waals surface area contributed by atoms with Crippen molar-refractivity contribution in [3.8, 4) is 0 Å². The fourth-order valence-corrected chi connectivity index (χ4v) is 3.66. The molecule has 1 heterocycles. The van der Waals surface area contributed by atoms with Gasteiger partial charge in [-0.2, -0.15) is 0 Å². The SMILES string of the molecule is CCNC(=NCc1cccc(NC(=O)C2CCCO2)c1)NCC(CCO)CC(C)C. The molecule has 0 aliphatic carbocycles. The summed E-state index contributed by atoms with van der Waals surface area (Å²) in [6.07, 6.45) is 3.23. The number of aliphatic hydroxyl groups is 1. The third kappa shape index (κ3) is 8.71. The summed E-state index contributed by atoms with van der Waals surface area (Å²) in [5, 5.41) is 18.9. The van der Waals surface area contributed by atoms with E-state index in [0.717, 1.165) is 56.0 Å². The number of hydrogen-bond donors (Lipinski definition) is 4. The first-order chi connectivity index (χ1) is 14.5. The van der Waals surface area contributed by atoms with Gasteiger partial charge in [-0.15, -0.1) is 0 Å². The monoisotopic (exact) mass is 418 g/mol. The smallest absolute Gasteiger partial charge is 0.253 e. The largest absolute Gasteiger partial charge is 0.396 e. The van der Waals surface area contributed by atoms with Crippen LogP contribution in [0.3, 0.4) is 0 Å². The number of carbonyl (C=O) groups is 1. The minimum atomic E-state index is -0.339. The van der Waals surface area contributed by atoms with Crippen molar-refractivity contribution in [3.63, 3.8) is 0 Å². The molecule has 1 fully saturated rings. The van der Waals surface area contributed by atoms with Gasteiger partial charge in [-0.3, -0.25) is 4.79 Å². The van der Waals surface area contributed by atoms with Crippen LogP contribution in [0.2, 0.25) is 0 Å². The van der Waals surface area contributed by atoms with E-state index in [2.05, 4.69) is 34.8 Å². The van der Waals surface area contributed by atoms with Crippen molar-refractivity contribution in [2.24, 2.45) is 16.8 Å². The first-order valence-electron chi connectivity index (χ1n) is 11.2. The van der Waals surface area contributed by atoms with Crippen molar-refractivity contribution < 1.29 is 14.6 Å². The molecule has 0 bridgehead atoms. The van der Waals surface area contributed by atoms with Gasteiger partial charge >= 0.3 is 0 Å². The summed E-state index contributed by atoms with van der Waals surface area (Å²) < 4.78 is 5.44. The zero-order chi connectivity index (χ0) is 21.8. The first kappa shape index (κ1) is 24.2. The zero-order valence-electron chi connectivity index (χ0n) is 18.6. The van der Waals surface area contributed by atoms with Gasteiger partial charge in [-0.05, 0) is 62.1 Å². The van der Waals surface area contributed by atoms with Crippen LogP contribution in [0.25, 0.3) is 0 Å². The lowest BCUT2D eigenvalue weighted by Gasteiger charge is -2.20. The quantitative estimate of drug-likeness (QED) is 0.327. The Morgan fingerprint density at radius 3 is 2.83 bits per heavy atom. The van der Waals surface area contributed by atoms with Gasteiger partial charge in [-0.1, -0.05) is 26.0 Å². The Bertz CT molecular complexity index is 672. The average Bonchev–Trinajstić information content (AvgIpc) is 3.25. The van der Waals surface area contributed by atoms with Crippen LogP contribution in [0, 0.1) is 11.8 Å². The fraction of sp³-hybridized carbons (Fsp3) is 0.652. The van der Waals surface area contributed by atoms with Crippen LogP contribution < -0.4 is 16.0 Å². The molecule has 1 saturated heterocycles. The number of hydrogen-bond acceptors (Lipinski definition) is 4. The van der Waals surface area contributed by atoms with Crippen molar-refractivity contribution in [3.05, 3.63) is 29.8 Å². The van der Waals surface area contributed by atoms with Gasteiger partial charge in [0.25, 0.3) is 5.91 Å². The number of rotatable bonds is 11. The Balaban J connectivity index is 1.93. The summed E-state index contributed by atoms with van der Waals surface area (Å²) in [6.45, 7) is 9.37. The van der Waals surface area contributed by atoms with E-state index in [-0.39, 0.29) is 18.6 Å². The maximum Gasteiger partial charge on any atom is 0.253 e. The highest BCUT2D eigenvalue weighted by molar-refractivity contribution is 5.94. The van der Waals surface area contributed by atoms with Crippen molar-refractivity contribution in [2.45, 2.75) is 59.1 Å². The number of nitrogens with zero attached hydrogens (tertiary/aromatic N) is 1. The van der Waals surface area contributed by atoms with Gasteiger partial charge in [0.15, 0.2) is 5.96 Å². The van der Waals surface area contributed by atoms with Crippen LogP contribution in [0.15, 0.2) is 29.3 Å². The molecule has 4 N–H and O–H groups in total. The molecule has 1 amide bonds. The first-order valence-corrected chi connectivity index (χ1v) is 11.2. The summed E-state index contributed by atoms with van der Waals surface area (Å²) in [5.41, 5.74) is 1.78. The van der Waals surface area contributed by atoms with Crippen LogP contribution in [-0.4, -0.2) is 49.4 Å². The normalized spacial score (nSPS) is 17.8. The van der Waals surface area contributed by atoms with E-state index in [9.17, 15) is 9.90 Å². The molecule has 0 spiro atoms. The molecule has 0 saturated carbocycles. The molecule has 1 aliphatic rings. The van der Waals surface area contributed by atoms with Gasteiger partial charge in [-0.25, -0.2) is 4.99 Å². The highest BCUT2D eigenvalue weighted by Gasteiger charge is 2.23. The van der Waals surface area contributed by atoms with E-state index < -0.39 is 0 Å². The second kappa shape index (κ2) is 13.2. The van der Waals surface area contributed by atoms with E-state index in [1.165, 1.54) is 0 Å². The third-order valence-corrected chi connectivity index (χ3v) is 5.08. The van der Waals surface area contributed by atoms with Gasteiger partial charge in [0.2, 0.25) is 0 Å². The lowest BCUT2D eigenvalue weighted by atomic mass is 9.94. The number of guanidine groups is 1. The minimum Gasteiger partial charge on any atom is -0.396 e. The molecular formula is C23H38N4O3. The molecule has 7 nitrogen and oxygen atoms in total. The van der Waals surface area contributed by atoms with Gasteiger partial charge in [0.05, 0.1) is 6.54 Å². The number of anilines is 1. The molecule has 2 rings (SSSR count). The number of aliphatic hydroxyl groups excluding tert-OH is 1. The molecule has 30 heavy (non-hydrogen) atoms. The Hall–Kier alpha value is -2.12. The molecule has 2 unspecified atom stereocenters. The molecule has 1 aromatic carbocycles. The van der Waals surface area contributed by atoms with E-state index >= 15 is 0 Å². The highest BCUT2D eigenvalue weighted by atomic mass is 16.5. The highest BCUT2D eigenvalue weighted by Crippen LogP contribution is 2.17. The van der Waals surface area contributed by atoms with Crippen LogP contribution in [0.5, 0.6) is 0 Å². The zero-order valence-corrected chi connectivity index (χ0v) is 18.6. The Morgan fingerprint density at radius 2 is 2.17 bits per heavy atom. The summed E-state index contributed by atoms with van der Waals surface area (Å²) >= 11 is 0. The molecule has 168 valence electrons. The third-order valence-electron chi connectivity index (χ3n) is 5.08. The number of benzene rings is 1. The maximum atomic E-state index is 12.3. The van der Waals surface area contributed by atoms with Crippen molar-refractivity contribution >= 4 is 17.6 Å². The van der Waals surface area contributed by atoms with E-state index in [0.29, 0.717) is 25.0 Å². The molecule has 0 radical (unpaired) electrons. The van der Waals surface area contributed by atoms with E-state index in [1.807, 2.05) is 31.2 Å². The Labute approximate surface area is 180 Å². The molecule has 1 aromatic rings. The maximum absolute atomic E-state index is 12.3. The molecule has 2 atom stereocenters. The van der Waals surface area contributed by atoms with Crippen LogP contribution in [0.1, 0.15) is 52.0 Å². The van der Waals surface area contributed by atoms with E-state index in [4.69, 9.17) is 4.74 Å². The number of nitrogens with one attached hydrogen (secondary N) is 3. The lowest BCUT2D eigenvalue weighted by molar-refractivity contribution is -0.124. The topological polar surface area (TPSA) is 95.0 Å². The predicted octanol–water partition coefficient (Wildman–Crippen LogP) is 2.90. The van der Waals surface area contributed by atoms with Gasteiger partial charge in [0, 0.05) is 32.0 Å².